The van der Waals surface area contributed by atoms with Gasteiger partial charge in [0.25, 0.3) is 0 Å². The van der Waals surface area contributed by atoms with Gasteiger partial charge in [-0.25, -0.2) is 0 Å². The van der Waals surface area contributed by atoms with E-state index in [1.807, 2.05) is 24.3 Å². The molecule has 2 aliphatic heterocycles. The second-order valence-corrected chi connectivity index (χ2v) is 9.18. The molecule has 1 saturated heterocycles. The van der Waals surface area contributed by atoms with Crippen molar-refractivity contribution in [3.8, 4) is 11.5 Å². The molecule has 6 nitrogen and oxygen atoms in total. The van der Waals surface area contributed by atoms with E-state index in [-0.39, 0.29) is 12.0 Å². The normalized spacial score (nSPS) is 19.5. The van der Waals surface area contributed by atoms with Crippen LogP contribution in [0.4, 0.5) is 0 Å². The number of ether oxygens (including phenoxy) is 2. The van der Waals surface area contributed by atoms with Crippen molar-refractivity contribution >= 4 is 33.4 Å². The van der Waals surface area contributed by atoms with Crippen molar-refractivity contribution in [1.29, 1.82) is 0 Å². The molecule has 30 heavy (non-hydrogen) atoms. The molecule has 2 aliphatic rings. The number of fused-ring (bicyclic) bond motifs is 1. The van der Waals surface area contributed by atoms with Crippen LogP contribution < -0.4 is 14.8 Å². The lowest BCUT2D eigenvalue weighted by Crippen LogP contribution is -2.45. The quantitative estimate of drug-likeness (QED) is 0.663. The lowest BCUT2D eigenvalue weighted by Gasteiger charge is -2.35. The van der Waals surface area contributed by atoms with Crippen molar-refractivity contribution in [1.82, 2.24) is 15.2 Å². The number of rotatable bonds is 6. The number of hydrogen-bond acceptors (Lipinski definition) is 5. The van der Waals surface area contributed by atoms with Crippen LogP contribution in [-0.2, 0) is 11.2 Å². The highest BCUT2D eigenvalue weighted by molar-refractivity contribution is 9.10. The van der Waals surface area contributed by atoms with Crippen molar-refractivity contribution in [2.24, 2.45) is 5.92 Å². The second-order valence-electron chi connectivity index (χ2n) is 7.85. The van der Waals surface area contributed by atoms with Gasteiger partial charge in [-0.2, -0.15) is 0 Å². The zero-order valence-electron chi connectivity index (χ0n) is 16.7. The number of benzene rings is 1. The van der Waals surface area contributed by atoms with Crippen LogP contribution in [0.2, 0.25) is 5.02 Å². The highest BCUT2D eigenvalue weighted by Gasteiger charge is 2.27. The number of amides is 1. The molecule has 0 radical (unpaired) electrons. The lowest BCUT2D eigenvalue weighted by molar-refractivity contribution is -0.120. The van der Waals surface area contributed by atoms with Gasteiger partial charge in [0.15, 0.2) is 11.5 Å². The molecule has 1 unspecified atom stereocenters. The maximum atomic E-state index is 12.2. The Labute approximate surface area is 190 Å². The standard InChI is InChI=1S/C22H25BrClN3O3/c23-17-8-16(10-25-12-17)9-21(28)26-11-15-4-6-27(7-5-15)13-18-14-29-20-3-1-2-19(24)22(20)30-18/h1-3,8,10,12,15,18H,4-7,9,11,13-14H2,(H,26,28). The largest absolute Gasteiger partial charge is 0.486 e. The molecule has 160 valence electrons. The number of piperidine rings is 1. The Morgan fingerprint density at radius 3 is 2.93 bits per heavy atom. The molecule has 0 spiro atoms. The number of halogens is 2. The van der Waals surface area contributed by atoms with Gasteiger partial charge >= 0.3 is 0 Å². The Bertz CT molecular complexity index is 890. The average molecular weight is 495 g/mol. The van der Waals surface area contributed by atoms with Crippen molar-refractivity contribution in [3.05, 3.63) is 51.7 Å². The first-order valence-electron chi connectivity index (χ1n) is 10.2. The summed E-state index contributed by atoms with van der Waals surface area (Å²) < 4.78 is 12.8. The smallest absolute Gasteiger partial charge is 0.224 e. The number of likely N-dealkylation sites (tertiary alicyclic amines) is 1. The van der Waals surface area contributed by atoms with Crippen LogP contribution in [0.15, 0.2) is 41.1 Å². The van der Waals surface area contributed by atoms with Gasteiger partial charge in [-0.3, -0.25) is 14.7 Å². The second kappa shape index (κ2) is 9.98. The summed E-state index contributed by atoms with van der Waals surface area (Å²) in [4.78, 5) is 18.7. The topological polar surface area (TPSA) is 63.7 Å². The maximum absolute atomic E-state index is 12.2. The van der Waals surface area contributed by atoms with E-state index < -0.39 is 0 Å². The van der Waals surface area contributed by atoms with Gasteiger partial charge in [-0.1, -0.05) is 17.7 Å². The predicted octanol–water partition coefficient (Wildman–Crippen LogP) is 3.71. The fourth-order valence-corrected chi connectivity index (χ4v) is 4.53. The van der Waals surface area contributed by atoms with Crippen molar-refractivity contribution < 1.29 is 14.3 Å². The van der Waals surface area contributed by atoms with Crippen LogP contribution in [-0.4, -0.2) is 54.7 Å². The van der Waals surface area contributed by atoms with E-state index >= 15 is 0 Å². The summed E-state index contributed by atoms with van der Waals surface area (Å²) >= 11 is 9.61. The maximum Gasteiger partial charge on any atom is 0.224 e. The predicted molar refractivity (Wildman–Crippen MR) is 119 cm³/mol. The first-order valence-corrected chi connectivity index (χ1v) is 11.4. The van der Waals surface area contributed by atoms with Gasteiger partial charge in [-0.15, -0.1) is 0 Å². The number of para-hydroxylation sites is 1. The Morgan fingerprint density at radius 1 is 1.30 bits per heavy atom. The van der Waals surface area contributed by atoms with E-state index in [2.05, 4.69) is 31.1 Å². The molecule has 2 aromatic rings. The summed E-state index contributed by atoms with van der Waals surface area (Å²) in [7, 11) is 0. The zero-order valence-corrected chi connectivity index (χ0v) is 19.0. The fourth-order valence-electron chi connectivity index (χ4n) is 3.91. The van der Waals surface area contributed by atoms with Crippen LogP contribution in [0.3, 0.4) is 0 Å². The third-order valence-corrected chi connectivity index (χ3v) is 6.25. The molecule has 1 atom stereocenters. The summed E-state index contributed by atoms with van der Waals surface area (Å²) in [5.41, 5.74) is 0.910. The number of nitrogens with one attached hydrogen (secondary N) is 1. The Morgan fingerprint density at radius 2 is 2.13 bits per heavy atom. The van der Waals surface area contributed by atoms with Crippen molar-refractivity contribution in [3.63, 3.8) is 0 Å². The lowest BCUT2D eigenvalue weighted by atomic mass is 9.96. The molecule has 1 aromatic carbocycles. The third kappa shape index (κ3) is 5.65. The molecule has 1 N–H and O–H groups in total. The van der Waals surface area contributed by atoms with Crippen molar-refractivity contribution in [2.45, 2.75) is 25.4 Å². The molecule has 1 aromatic heterocycles. The van der Waals surface area contributed by atoms with Crippen LogP contribution in [0.25, 0.3) is 0 Å². The monoisotopic (exact) mass is 493 g/mol. The molecule has 3 heterocycles. The Kier molecular flexibility index (Phi) is 7.12. The molecule has 0 aliphatic carbocycles. The molecule has 1 amide bonds. The number of nitrogens with zero attached hydrogens (tertiary/aromatic N) is 2. The number of carbonyl (C=O) groups excluding carboxylic acids is 1. The number of carbonyl (C=O) groups is 1. The minimum Gasteiger partial charge on any atom is -0.486 e. The minimum absolute atomic E-state index is 0.0209. The summed E-state index contributed by atoms with van der Waals surface area (Å²) in [5, 5.41) is 3.66. The molecular formula is C22H25BrClN3O3. The molecule has 0 bridgehead atoms. The van der Waals surface area contributed by atoms with E-state index in [9.17, 15) is 4.79 Å². The van der Waals surface area contributed by atoms with Gasteiger partial charge in [0.2, 0.25) is 5.91 Å². The number of pyridine rings is 1. The summed E-state index contributed by atoms with van der Waals surface area (Å²) in [5.74, 6) is 1.91. The van der Waals surface area contributed by atoms with Gasteiger partial charge in [-0.05, 0) is 71.5 Å². The van der Waals surface area contributed by atoms with Gasteiger partial charge in [0.05, 0.1) is 11.4 Å². The average Bonchev–Trinajstić information content (AvgIpc) is 2.74. The van der Waals surface area contributed by atoms with E-state index in [0.29, 0.717) is 35.5 Å². The third-order valence-electron chi connectivity index (χ3n) is 5.52. The van der Waals surface area contributed by atoms with E-state index in [1.54, 1.807) is 12.4 Å². The molecule has 8 heteroatoms. The van der Waals surface area contributed by atoms with Crippen LogP contribution in [0, 0.1) is 5.92 Å². The van der Waals surface area contributed by atoms with Crippen LogP contribution >= 0.6 is 27.5 Å². The first kappa shape index (κ1) is 21.4. The SMILES string of the molecule is O=C(Cc1cncc(Br)c1)NCC1CCN(CC2COc3cccc(Cl)c3O2)CC1. The summed E-state index contributed by atoms with van der Waals surface area (Å²) in [6.07, 6.45) is 5.90. The van der Waals surface area contributed by atoms with E-state index in [0.717, 1.165) is 49.1 Å². The molecule has 1 fully saturated rings. The summed E-state index contributed by atoms with van der Waals surface area (Å²) in [6, 6.07) is 7.49. The van der Waals surface area contributed by atoms with Gasteiger partial charge in [0, 0.05) is 30.0 Å². The minimum atomic E-state index is -0.0209. The van der Waals surface area contributed by atoms with Crippen LogP contribution in [0.1, 0.15) is 18.4 Å². The molecule has 4 rings (SSSR count). The zero-order chi connectivity index (χ0) is 20.9. The van der Waals surface area contributed by atoms with Crippen molar-refractivity contribution in [2.75, 3.05) is 32.8 Å². The molecule has 0 saturated carbocycles. The Hall–Kier alpha value is -1.83. The fraction of sp³-hybridized carbons (Fsp3) is 0.455. The van der Waals surface area contributed by atoms with E-state index in [1.165, 1.54) is 0 Å². The highest BCUT2D eigenvalue weighted by atomic mass is 79.9. The number of hydrogen-bond donors (Lipinski definition) is 1. The Balaban J connectivity index is 1.17. The summed E-state index contributed by atoms with van der Waals surface area (Å²) in [6.45, 7) is 4.06. The van der Waals surface area contributed by atoms with Crippen LogP contribution in [0.5, 0.6) is 11.5 Å². The van der Waals surface area contributed by atoms with Gasteiger partial charge in [0.1, 0.15) is 12.7 Å². The van der Waals surface area contributed by atoms with Gasteiger partial charge < -0.3 is 14.8 Å². The first-order chi connectivity index (χ1) is 14.6. The van der Waals surface area contributed by atoms with E-state index in [4.69, 9.17) is 21.1 Å². The highest BCUT2D eigenvalue weighted by Crippen LogP contribution is 2.38. The number of aromatic nitrogens is 1. The molecular weight excluding hydrogens is 470 g/mol.